The van der Waals surface area contributed by atoms with E-state index in [1.807, 2.05) is 42.1 Å². The lowest BCUT2D eigenvalue weighted by molar-refractivity contribution is 0.165. The summed E-state index contributed by atoms with van der Waals surface area (Å²) in [5.74, 6) is 0.667. The van der Waals surface area contributed by atoms with Crippen molar-refractivity contribution in [3.63, 3.8) is 0 Å². The number of aromatic nitrogens is 2. The summed E-state index contributed by atoms with van der Waals surface area (Å²) in [7, 11) is 1.86. The monoisotopic (exact) mass is 236 g/mol. The van der Waals surface area contributed by atoms with Crippen molar-refractivity contribution in [2.45, 2.75) is 12.5 Å². The molecule has 0 aliphatic rings. The van der Waals surface area contributed by atoms with Crippen molar-refractivity contribution in [3.8, 4) is 0 Å². The number of nitrogens with zero attached hydrogens (tertiary/aromatic N) is 2. The van der Waals surface area contributed by atoms with Crippen LogP contribution in [0.1, 0.15) is 17.5 Å². The Kier molecular flexibility index (Phi) is 3.27. The lowest BCUT2D eigenvalue weighted by Crippen LogP contribution is -2.08. The zero-order chi connectivity index (χ0) is 11.5. The predicted octanol–water partition coefficient (Wildman–Crippen LogP) is 2.35. The fraction of sp³-hybridized carbons (Fsp3) is 0.250. The smallest absolute Gasteiger partial charge is 0.137 e. The summed E-state index contributed by atoms with van der Waals surface area (Å²) in [6.45, 7) is 0. The molecule has 3 nitrogen and oxygen atoms in total. The van der Waals surface area contributed by atoms with E-state index in [4.69, 9.17) is 11.6 Å². The molecule has 1 unspecified atom stereocenters. The first-order valence-electron chi connectivity index (χ1n) is 5.06. The van der Waals surface area contributed by atoms with Crippen LogP contribution in [0, 0.1) is 0 Å². The highest BCUT2D eigenvalue weighted by molar-refractivity contribution is 6.30. The Labute approximate surface area is 99.3 Å². The second kappa shape index (κ2) is 4.68. The minimum absolute atomic E-state index is 0.519. The molecule has 84 valence electrons. The van der Waals surface area contributed by atoms with Crippen LogP contribution in [0.25, 0.3) is 0 Å². The Morgan fingerprint density at radius 3 is 2.94 bits per heavy atom. The van der Waals surface area contributed by atoms with Crippen molar-refractivity contribution < 1.29 is 5.11 Å². The summed E-state index contributed by atoms with van der Waals surface area (Å²) in [6, 6.07) is 7.49. The van der Waals surface area contributed by atoms with E-state index in [1.165, 1.54) is 0 Å². The summed E-state index contributed by atoms with van der Waals surface area (Å²) in [5, 5.41) is 10.7. The largest absolute Gasteiger partial charge is 0.385 e. The van der Waals surface area contributed by atoms with Gasteiger partial charge in [0.15, 0.2) is 0 Å². The number of benzene rings is 1. The van der Waals surface area contributed by atoms with Gasteiger partial charge in [-0.2, -0.15) is 0 Å². The standard InChI is InChI=1S/C12H13ClN2O/c1-15-6-5-14-12(15)11(16)8-9-3-2-4-10(13)7-9/h2-7,11,16H,8H2,1H3. The van der Waals surface area contributed by atoms with Gasteiger partial charge in [-0.05, 0) is 17.7 Å². The first-order chi connectivity index (χ1) is 7.66. The van der Waals surface area contributed by atoms with Crippen LogP contribution in [-0.2, 0) is 13.5 Å². The molecular formula is C12H13ClN2O. The molecule has 0 aliphatic heterocycles. The van der Waals surface area contributed by atoms with E-state index in [2.05, 4.69) is 4.98 Å². The molecule has 0 saturated carbocycles. The van der Waals surface area contributed by atoms with Crippen molar-refractivity contribution in [1.82, 2.24) is 9.55 Å². The Balaban J connectivity index is 2.14. The van der Waals surface area contributed by atoms with Crippen LogP contribution in [0.4, 0.5) is 0 Å². The summed E-state index contributed by atoms with van der Waals surface area (Å²) in [5.41, 5.74) is 1.00. The SMILES string of the molecule is Cn1ccnc1C(O)Cc1cccc(Cl)c1. The van der Waals surface area contributed by atoms with Gasteiger partial charge in [-0.25, -0.2) is 4.98 Å². The highest BCUT2D eigenvalue weighted by atomic mass is 35.5. The van der Waals surface area contributed by atoms with E-state index < -0.39 is 6.10 Å². The number of aliphatic hydroxyl groups excluding tert-OH is 1. The molecule has 1 aromatic carbocycles. The zero-order valence-electron chi connectivity index (χ0n) is 8.97. The van der Waals surface area contributed by atoms with E-state index in [9.17, 15) is 5.11 Å². The number of rotatable bonds is 3. The van der Waals surface area contributed by atoms with Crippen LogP contribution >= 0.6 is 11.6 Å². The van der Waals surface area contributed by atoms with Crippen LogP contribution in [0.5, 0.6) is 0 Å². The van der Waals surface area contributed by atoms with E-state index >= 15 is 0 Å². The lowest BCUT2D eigenvalue weighted by atomic mass is 10.1. The van der Waals surface area contributed by atoms with Gasteiger partial charge in [0, 0.05) is 30.9 Å². The second-order valence-corrected chi connectivity index (χ2v) is 4.18. The minimum Gasteiger partial charge on any atom is -0.385 e. The number of imidazole rings is 1. The summed E-state index contributed by atoms with van der Waals surface area (Å²) < 4.78 is 1.81. The molecule has 1 N–H and O–H groups in total. The molecular weight excluding hydrogens is 224 g/mol. The molecule has 1 atom stereocenters. The first kappa shape index (κ1) is 11.2. The molecule has 2 aromatic rings. The van der Waals surface area contributed by atoms with Crippen LogP contribution in [0.3, 0.4) is 0 Å². The third kappa shape index (κ3) is 2.43. The Hall–Kier alpha value is -1.32. The molecule has 0 radical (unpaired) electrons. The summed E-state index contributed by atoms with van der Waals surface area (Å²) in [4.78, 5) is 4.11. The highest BCUT2D eigenvalue weighted by Crippen LogP contribution is 2.18. The van der Waals surface area contributed by atoms with Gasteiger partial charge in [0.1, 0.15) is 11.9 Å². The van der Waals surface area contributed by atoms with Gasteiger partial charge in [0.2, 0.25) is 0 Å². The van der Waals surface area contributed by atoms with Crippen molar-refractivity contribution in [3.05, 3.63) is 53.1 Å². The maximum atomic E-state index is 10.0. The van der Waals surface area contributed by atoms with E-state index in [1.54, 1.807) is 6.20 Å². The number of hydrogen-bond donors (Lipinski definition) is 1. The van der Waals surface area contributed by atoms with Crippen molar-refractivity contribution >= 4 is 11.6 Å². The third-order valence-electron chi connectivity index (χ3n) is 2.47. The molecule has 0 bridgehead atoms. The first-order valence-corrected chi connectivity index (χ1v) is 5.44. The Morgan fingerprint density at radius 1 is 1.50 bits per heavy atom. The average Bonchev–Trinajstić information content (AvgIpc) is 2.64. The fourth-order valence-corrected chi connectivity index (χ4v) is 1.89. The molecule has 0 fully saturated rings. The molecule has 4 heteroatoms. The predicted molar refractivity (Wildman–Crippen MR) is 63.3 cm³/mol. The molecule has 0 spiro atoms. The van der Waals surface area contributed by atoms with Crippen LogP contribution in [-0.4, -0.2) is 14.7 Å². The van der Waals surface area contributed by atoms with Crippen molar-refractivity contribution in [2.75, 3.05) is 0 Å². The van der Waals surface area contributed by atoms with Gasteiger partial charge in [-0.1, -0.05) is 23.7 Å². The fourth-order valence-electron chi connectivity index (χ4n) is 1.68. The van der Waals surface area contributed by atoms with E-state index in [0.717, 1.165) is 5.56 Å². The quantitative estimate of drug-likeness (QED) is 0.889. The topological polar surface area (TPSA) is 38.0 Å². The maximum absolute atomic E-state index is 10.0. The highest BCUT2D eigenvalue weighted by Gasteiger charge is 2.12. The molecule has 2 rings (SSSR count). The van der Waals surface area contributed by atoms with Crippen LogP contribution in [0.15, 0.2) is 36.7 Å². The normalized spacial score (nSPS) is 12.7. The maximum Gasteiger partial charge on any atom is 0.137 e. The van der Waals surface area contributed by atoms with Crippen molar-refractivity contribution in [2.24, 2.45) is 7.05 Å². The van der Waals surface area contributed by atoms with Gasteiger partial charge in [-0.15, -0.1) is 0 Å². The average molecular weight is 237 g/mol. The zero-order valence-corrected chi connectivity index (χ0v) is 9.72. The van der Waals surface area contributed by atoms with Gasteiger partial charge in [-0.3, -0.25) is 0 Å². The molecule has 16 heavy (non-hydrogen) atoms. The summed E-state index contributed by atoms with van der Waals surface area (Å²) >= 11 is 5.88. The van der Waals surface area contributed by atoms with Crippen LogP contribution < -0.4 is 0 Å². The van der Waals surface area contributed by atoms with Gasteiger partial charge in [0.25, 0.3) is 0 Å². The molecule has 0 amide bonds. The van der Waals surface area contributed by atoms with Gasteiger partial charge in [0.05, 0.1) is 0 Å². The molecule has 1 heterocycles. The molecule has 0 saturated heterocycles. The molecule has 1 aromatic heterocycles. The number of aliphatic hydroxyl groups is 1. The van der Waals surface area contributed by atoms with Gasteiger partial charge < -0.3 is 9.67 Å². The van der Waals surface area contributed by atoms with Crippen molar-refractivity contribution in [1.29, 1.82) is 0 Å². The summed E-state index contributed by atoms with van der Waals surface area (Å²) in [6.07, 6.45) is 3.41. The number of aryl methyl sites for hydroxylation is 1. The minimum atomic E-state index is -0.599. The van der Waals surface area contributed by atoms with E-state index in [0.29, 0.717) is 17.3 Å². The number of hydrogen-bond acceptors (Lipinski definition) is 2. The van der Waals surface area contributed by atoms with Crippen LogP contribution in [0.2, 0.25) is 5.02 Å². The van der Waals surface area contributed by atoms with Gasteiger partial charge >= 0.3 is 0 Å². The Bertz CT molecular complexity index is 481. The molecule has 0 aliphatic carbocycles. The number of halogens is 1. The lowest BCUT2D eigenvalue weighted by Gasteiger charge is -2.10. The third-order valence-corrected chi connectivity index (χ3v) is 2.71. The van der Waals surface area contributed by atoms with E-state index in [-0.39, 0.29) is 0 Å². The second-order valence-electron chi connectivity index (χ2n) is 3.75. The Morgan fingerprint density at radius 2 is 2.31 bits per heavy atom.